The van der Waals surface area contributed by atoms with Gasteiger partial charge < -0.3 is 30.1 Å². The van der Waals surface area contributed by atoms with Gasteiger partial charge in [-0.25, -0.2) is 27.5 Å². The lowest BCUT2D eigenvalue weighted by Crippen LogP contribution is -2.67. The summed E-state index contributed by atoms with van der Waals surface area (Å²) in [7, 11) is 3.65. The second kappa shape index (κ2) is 10.7. The van der Waals surface area contributed by atoms with E-state index in [-0.39, 0.29) is 68.3 Å². The Labute approximate surface area is 268 Å². The van der Waals surface area contributed by atoms with E-state index < -0.39 is 52.9 Å². The first-order chi connectivity index (χ1) is 21.8. The van der Waals surface area contributed by atoms with Crippen LogP contribution in [0.25, 0.3) is 32.2 Å². The third-order valence-corrected chi connectivity index (χ3v) is 9.69. The molecule has 0 aliphatic carbocycles. The SMILES string of the molecule is C=C(F)C(=O)N1C[C@@H]2C(=O)N3C[C@@H](CN(C)C)Oc4nc5c(F)c(-c6c(F)cc(F)c7sc(N)nc67)c(Cl)cc5c(c43)N2C[C@H]1C. The zero-order valence-corrected chi connectivity index (χ0v) is 26.3. The summed E-state index contributed by atoms with van der Waals surface area (Å²) in [6.07, 6.45) is -0.566. The van der Waals surface area contributed by atoms with Crippen LogP contribution < -0.4 is 20.3 Å². The third-order valence-electron chi connectivity index (χ3n) is 8.50. The number of ether oxygens (including phenoxy) is 1. The first kappa shape index (κ1) is 30.4. The highest BCUT2D eigenvalue weighted by atomic mass is 35.5. The zero-order valence-electron chi connectivity index (χ0n) is 24.7. The van der Waals surface area contributed by atoms with Gasteiger partial charge >= 0.3 is 0 Å². The smallest absolute Gasteiger partial charge is 0.282 e. The molecule has 7 rings (SSSR count). The lowest BCUT2D eigenvalue weighted by Gasteiger charge is -2.52. The summed E-state index contributed by atoms with van der Waals surface area (Å²) in [5.74, 6) is -5.48. The molecule has 0 radical (unpaired) electrons. The van der Waals surface area contributed by atoms with E-state index in [2.05, 4.69) is 16.5 Å². The van der Waals surface area contributed by atoms with E-state index in [1.54, 1.807) is 11.8 Å². The van der Waals surface area contributed by atoms with Gasteiger partial charge in [0.05, 0.1) is 34.0 Å². The van der Waals surface area contributed by atoms with Crippen molar-refractivity contribution in [3.05, 3.63) is 47.0 Å². The Kier molecular flexibility index (Phi) is 7.06. The van der Waals surface area contributed by atoms with Gasteiger partial charge in [0.15, 0.2) is 16.8 Å². The molecule has 16 heteroatoms. The van der Waals surface area contributed by atoms with Gasteiger partial charge in [0.1, 0.15) is 35.0 Å². The molecule has 10 nitrogen and oxygen atoms in total. The number of piperazine rings is 1. The summed E-state index contributed by atoms with van der Waals surface area (Å²) < 4.78 is 67.1. The topological polar surface area (TPSA) is 108 Å². The Bertz CT molecular complexity index is 2020. The summed E-state index contributed by atoms with van der Waals surface area (Å²) in [5.41, 5.74) is 5.28. The maximum Gasteiger partial charge on any atom is 0.282 e. The molecular formula is C30H26ClF4N7O3S. The predicted octanol–water partition coefficient (Wildman–Crippen LogP) is 4.72. The molecule has 0 bridgehead atoms. The van der Waals surface area contributed by atoms with Crippen LogP contribution in [0.15, 0.2) is 24.5 Å². The van der Waals surface area contributed by atoms with Gasteiger partial charge in [-0.3, -0.25) is 9.59 Å². The van der Waals surface area contributed by atoms with Crippen LogP contribution in [-0.2, 0) is 9.59 Å². The minimum atomic E-state index is -1.15. The summed E-state index contributed by atoms with van der Waals surface area (Å²) in [4.78, 5) is 41.7. The van der Waals surface area contributed by atoms with Crippen LogP contribution in [0, 0.1) is 17.5 Å². The van der Waals surface area contributed by atoms with Crippen LogP contribution in [-0.4, -0.2) is 90.0 Å². The second-order valence-corrected chi connectivity index (χ2v) is 13.3. The van der Waals surface area contributed by atoms with Crippen LogP contribution in [0.5, 0.6) is 5.88 Å². The number of amides is 2. The molecule has 4 aromatic rings. The van der Waals surface area contributed by atoms with Crippen LogP contribution in [0.4, 0.5) is 34.1 Å². The number of nitrogen functional groups attached to an aromatic ring is 1. The summed E-state index contributed by atoms with van der Waals surface area (Å²) >= 11 is 7.50. The number of carbonyl (C=O) groups is 2. The molecule has 0 spiro atoms. The Hall–Kier alpha value is -4.21. The number of benzene rings is 2. The van der Waals surface area contributed by atoms with E-state index in [0.29, 0.717) is 24.0 Å². The number of nitrogens with two attached hydrogens (primary N) is 1. The van der Waals surface area contributed by atoms with Gasteiger partial charge in [0, 0.05) is 41.7 Å². The van der Waals surface area contributed by atoms with Crippen LogP contribution >= 0.6 is 22.9 Å². The zero-order chi connectivity index (χ0) is 32.9. The molecule has 1 fully saturated rings. The Morgan fingerprint density at radius 1 is 1.13 bits per heavy atom. The van der Waals surface area contributed by atoms with Crippen molar-refractivity contribution in [2.45, 2.75) is 25.1 Å². The van der Waals surface area contributed by atoms with Crippen molar-refractivity contribution in [2.75, 3.05) is 55.8 Å². The maximum absolute atomic E-state index is 16.8. The van der Waals surface area contributed by atoms with Crippen LogP contribution in [0.3, 0.4) is 0 Å². The highest BCUT2D eigenvalue weighted by molar-refractivity contribution is 7.22. The van der Waals surface area contributed by atoms with Gasteiger partial charge in [0.2, 0.25) is 5.88 Å². The number of aromatic nitrogens is 2. The van der Waals surface area contributed by atoms with E-state index in [9.17, 15) is 18.4 Å². The molecule has 3 aliphatic rings. The van der Waals surface area contributed by atoms with Crippen molar-refractivity contribution >= 4 is 72.4 Å². The van der Waals surface area contributed by atoms with Gasteiger partial charge in [-0.05, 0) is 27.1 Å². The third kappa shape index (κ3) is 4.47. The normalized spacial score (nSPS) is 20.8. The minimum absolute atomic E-state index is 0.0227. The van der Waals surface area contributed by atoms with Crippen molar-refractivity contribution in [2.24, 2.45) is 0 Å². The van der Waals surface area contributed by atoms with Crippen molar-refractivity contribution in [1.82, 2.24) is 19.8 Å². The molecule has 2 aromatic heterocycles. The molecule has 3 atom stereocenters. The molecule has 0 saturated carbocycles. The summed E-state index contributed by atoms with van der Waals surface area (Å²) in [5, 5.41) is -0.0753. The molecule has 3 aliphatic heterocycles. The molecule has 0 unspecified atom stereocenters. The highest BCUT2D eigenvalue weighted by Gasteiger charge is 2.49. The number of halogens is 5. The van der Waals surface area contributed by atoms with Gasteiger partial charge in [-0.1, -0.05) is 29.5 Å². The molecule has 2 N–H and O–H groups in total. The fourth-order valence-electron chi connectivity index (χ4n) is 6.64. The Morgan fingerprint density at radius 2 is 1.87 bits per heavy atom. The largest absolute Gasteiger partial charge is 0.470 e. The number of likely N-dealkylation sites (N-methyl/N-ethyl adjacent to an activating group) is 1. The lowest BCUT2D eigenvalue weighted by atomic mass is 9.95. The predicted molar refractivity (Wildman–Crippen MR) is 168 cm³/mol. The Morgan fingerprint density at radius 3 is 2.57 bits per heavy atom. The van der Waals surface area contributed by atoms with E-state index in [1.165, 1.54) is 15.9 Å². The molecule has 240 valence electrons. The number of carbonyl (C=O) groups excluding carboxylic acids is 2. The van der Waals surface area contributed by atoms with Crippen molar-refractivity contribution in [3.63, 3.8) is 0 Å². The number of hydrogen-bond acceptors (Lipinski definition) is 9. The number of nitrogens with zero attached hydrogens (tertiary/aromatic N) is 6. The quantitative estimate of drug-likeness (QED) is 0.245. The monoisotopic (exact) mass is 675 g/mol. The molecule has 2 aromatic carbocycles. The first-order valence-electron chi connectivity index (χ1n) is 14.2. The van der Waals surface area contributed by atoms with Crippen molar-refractivity contribution in [1.29, 1.82) is 0 Å². The number of rotatable bonds is 4. The van der Waals surface area contributed by atoms with E-state index in [0.717, 1.165) is 11.3 Å². The summed E-state index contributed by atoms with van der Waals surface area (Å²) in [6.45, 7) is 5.25. The maximum atomic E-state index is 16.8. The van der Waals surface area contributed by atoms with E-state index >= 15 is 8.78 Å². The van der Waals surface area contributed by atoms with Gasteiger partial charge in [-0.2, -0.15) is 0 Å². The molecular weight excluding hydrogens is 650 g/mol. The van der Waals surface area contributed by atoms with Crippen molar-refractivity contribution in [3.8, 4) is 17.0 Å². The average molecular weight is 676 g/mol. The highest BCUT2D eigenvalue weighted by Crippen LogP contribution is 2.52. The number of fused-ring (bicyclic) bond motifs is 5. The molecule has 5 heterocycles. The standard InChI is InChI=1S/C30H26ClF4N7O3S/c1-11-7-41-18(10-40(11)28(43)12(2)32)29(44)42-9-13(8-39(3)4)45-27-25(42)24(41)14-5-15(31)19(21(35)22(14)37-27)20-16(33)6-17(34)26-23(20)38-30(36)46-26/h5-6,11,13,18H,2,7-10H2,1,3-4H3,(H2,36,38)/t11-,13-,18-/m1/s1. The fraction of sp³-hybridized carbons (Fsp3) is 0.333. The van der Waals surface area contributed by atoms with Crippen molar-refractivity contribution < 1.29 is 31.9 Å². The van der Waals surface area contributed by atoms with E-state index in [1.807, 2.05) is 19.0 Å². The minimum Gasteiger partial charge on any atom is -0.470 e. The fourth-order valence-corrected chi connectivity index (χ4v) is 7.67. The van der Waals surface area contributed by atoms with Gasteiger partial charge in [0.25, 0.3) is 11.8 Å². The average Bonchev–Trinajstić information content (AvgIpc) is 3.37. The van der Waals surface area contributed by atoms with Crippen LogP contribution in [0.2, 0.25) is 5.02 Å². The number of hydrogen-bond donors (Lipinski definition) is 1. The molecule has 2 amide bonds. The van der Waals surface area contributed by atoms with Crippen LogP contribution in [0.1, 0.15) is 6.92 Å². The first-order valence-corrected chi connectivity index (χ1v) is 15.4. The number of pyridine rings is 1. The lowest BCUT2D eigenvalue weighted by molar-refractivity contribution is -0.133. The molecule has 46 heavy (non-hydrogen) atoms. The van der Waals surface area contributed by atoms with E-state index in [4.69, 9.17) is 22.1 Å². The Balaban J connectivity index is 1.49. The second-order valence-electron chi connectivity index (χ2n) is 11.8. The van der Waals surface area contributed by atoms with Gasteiger partial charge in [-0.15, -0.1) is 0 Å². The summed E-state index contributed by atoms with van der Waals surface area (Å²) in [6, 6.07) is 0.496. The number of thiazole rings is 1. The molecule has 1 saturated heterocycles. The number of anilines is 3.